The number of hydrogen-bond donors (Lipinski definition) is 0. The number of aromatic nitrogens is 4. The Morgan fingerprint density at radius 2 is 2.09 bits per heavy atom. The van der Waals surface area contributed by atoms with Gasteiger partial charge in [0.25, 0.3) is 0 Å². The highest BCUT2D eigenvalue weighted by Crippen LogP contribution is 2.41. The van der Waals surface area contributed by atoms with E-state index in [1.165, 1.54) is 12.8 Å². The van der Waals surface area contributed by atoms with Gasteiger partial charge in [-0.05, 0) is 38.3 Å². The predicted molar refractivity (Wildman–Crippen MR) is 85.6 cm³/mol. The first-order valence-electron chi connectivity index (χ1n) is 7.97. The minimum Gasteiger partial charge on any atom is -0.377 e. The van der Waals surface area contributed by atoms with E-state index in [4.69, 9.17) is 21.3 Å². The summed E-state index contributed by atoms with van der Waals surface area (Å²) in [7, 11) is 0. The molecule has 22 heavy (non-hydrogen) atoms. The van der Waals surface area contributed by atoms with Gasteiger partial charge in [-0.2, -0.15) is 9.97 Å². The van der Waals surface area contributed by atoms with Gasteiger partial charge in [0.2, 0.25) is 5.28 Å². The minimum absolute atomic E-state index is 0.263. The maximum Gasteiger partial charge on any atom is 0.226 e. The van der Waals surface area contributed by atoms with Gasteiger partial charge in [-0.25, -0.2) is 4.98 Å². The van der Waals surface area contributed by atoms with Crippen molar-refractivity contribution >= 4 is 28.6 Å². The van der Waals surface area contributed by atoms with E-state index in [1.54, 1.807) is 0 Å². The Bertz CT molecular complexity index is 712. The third-order valence-corrected chi connectivity index (χ3v) is 4.65. The average Bonchev–Trinajstić information content (AvgIpc) is 3.28. The fraction of sp³-hybridized carbons (Fsp3) is 0.667. The molecule has 0 amide bonds. The fourth-order valence-electron chi connectivity index (χ4n) is 3.18. The molecule has 0 bridgehead atoms. The molecule has 2 aliphatic rings. The van der Waals surface area contributed by atoms with Crippen molar-refractivity contribution < 1.29 is 4.74 Å². The SMILES string of the molecule is CCn1c(C2CC2)nc2c(N3CCOC[C@@H]3C)nc(Cl)nc21. The molecule has 1 aliphatic carbocycles. The number of morpholine rings is 1. The molecule has 2 aromatic heterocycles. The molecule has 0 N–H and O–H groups in total. The molecule has 118 valence electrons. The highest BCUT2D eigenvalue weighted by Gasteiger charge is 2.32. The summed E-state index contributed by atoms with van der Waals surface area (Å²) in [6, 6.07) is 0.263. The Kier molecular flexibility index (Phi) is 3.46. The van der Waals surface area contributed by atoms with Crippen molar-refractivity contribution in [2.45, 2.75) is 45.2 Å². The summed E-state index contributed by atoms with van der Waals surface area (Å²) in [6.07, 6.45) is 2.43. The summed E-state index contributed by atoms with van der Waals surface area (Å²) in [6.45, 7) is 7.33. The van der Waals surface area contributed by atoms with Crippen molar-refractivity contribution in [2.24, 2.45) is 0 Å². The number of imidazole rings is 1. The normalized spacial score (nSPS) is 22.5. The summed E-state index contributed by atoms with van der Waals surface area (Å²) in [4.78, 5) is 16.1. The van der Waals surface area contributed by atoms with Crippen molar-refractivity contribution in [3.8, 4) is 0 Å². The Hall–Kier alpha value is -1.40. The number of anilines is 1. The largest absolute Gasteiger partial charge is 0.377 e. The van der Waals surface area contributed by atoms with Crippen LogP contribution in [-0.2, 0) is 11.3 Å². The van der Waals surface area contributed by atoms with Crippen LogP contribution < -0.4 is 4.90 Å². The Labute approximate surface area is 134 Å². The fourth-order valence-corrected chi connectivity index (χ4v) is 3.34. The zero-order valence-corrected chi connectivity index (χ0v) is 13.7. The molecule has 4 rings (SSSR count). The molecule has 1 saturated carbocycles. The second kappa shape index (κ2) is 5.35. The van der Waals surface area contributed by atoms with Gasteiger partial charge in [0.1, 0.15) is 5.82 Å². The van der Waals surface area contributed by atoms with E-state index in [2.05, 4.69) is 33.3 Å². The van der Waals surface area contributed by atoms with E-state index in [1.807, 2.05) is 0 Å². The number of ether oxygens (including phenoxy) is 1. The molecule has 1 saturated heterocycles. The van der Waals surface area contributed by atoms with Crippen molar-refractivity contribution in [3.05, 3.63) is 11.1 Å². The summed E-state index contributed by atoms with van der Waals surface area (Å²) >= 11 is 6.20. The number of nitrogens with zero attached hydrogens (tertiary/aromatic N) is 5. The summed E-state index contributed by atoms with van der Waals surface area (Å²) in [5.41, 5.74) is 1.74. The Balaban J connectivity index is 1.90. The average molecular weight is 322 g/mol. The highest BCUT2D eigenvalue weighted by molar-refractivity contribution is 6.28. The maximum absolute atomic E-state index is 6.20. The Morgan fingerprint density at radius 3 is 2.77 bits per heavy atom. The van der Waals surface area contributed by atoms with Gasteiger partial charge in [-0.3, -0.25) is 0 Å². The van der Waals surface area contributed by atoms with Crippen LogP contribution >= 0.6 is 11.6 Å². The van der Waals surface area contributed by atoms with E-state index < -0.39 is 0 Å². The number of halogens is 1. The number of fused-ring (bicyclic) bond motifs is 1. The van der Waals surface area contributed by atoms with Crippen LogP contribution in [-0.4, -0.2) is 45.3 Å². The second-order valence-corrected chi connectivity index (χ2v) is 6.43. The summed E-state index contributed by atoms with van der Waals surface area (Å²) < 4.78 is 7.72. The molecule has 0 radical (unpaired) electrons. The molecular weight excluding hydrogens is 302 g/mol. The zero-order valence-electron chi connectivity index (χ0n) is 12.9. The molecule has 2 aromatic rings. The molecule has 0 unspecified atom stereocenters. The van der Waals surface area contributed by atoms with E-state index in [0.717, 1.165) is 35.9 Å². The predicted octanol–water partition coefficient (Wildman–Crippen LogP) is 2.60. The number of aryl methyl sites for hydroxylation is 1. The van der Waals surface area contributed by atoms with Crippen molar-refractivity contribution in [2.75, 3.05) is 24.7 Å². The van der Waals surface area contributed by atoms with Crippen molar-refractivity contribution in [1.29, 1.82) is 0 Å². The van der Waals surface area contributed by atoms with Crippen LogP contribution in [0.25, 0.3) is 11.2 Å². The minimum atomic E-state index is 0.263. The molecule has 3 heterocycles. The van der Waals surface area contributed by atoms with Crippen LogP contribution in [0, 0.1) is 0 Å². The van der Waals surface area contributed by atoms with Crippen LogP contribution in [0.1, 0.15) is 38.4 Å². The lowest BCUT2D eigenvalue weighted by molar-refractivity contribution is 0.0986. The lowest BCUT2D eigenvalue weighted by Gasteiger charge is -2.34. The van der Waals surface area contributed by atoms with Crippen LogP contribution in [0.4, 0.5) is 5.82 Å². The molecule has 6 nitrogen and oxygen atoms in total. The van der Waals surface area contributed by atoms with E-state index >= 15 is 0 Å². The monoisotopic (exact) mass is 321 g/mol. The third-order valence-electron chi connectivity index (χ3n) is 4.48. The molecule has 7 heteroatoms. The molecular formula is C15H20ClN5O. The van der Waals surface area contributed by atoms with Crippen molar-refractivity contribution in [3.63, 3.8) is 0 Å². The Morgan fingerprint density at radius 1 is 1.27 bits per heavy atom. The topological polar surface area (TPSA) is 56.1 Å². The highest BCUT2D eigenvalue weighted by atomic mass is 35.5. The van der Waals surface area contributed by atoms with Crippen LogP contribution in [0.5, 0.6) is 0 Å². The van der Waals surface area contributed by atoms with Crippen LogP contribution in [0.15, 0.2) is 0 Å². The molecule has 0 spiro atoms. The first-order chi connectivity index (χ1) is 10.7. The first kappa shape index (κ1) is 14.2. The first-order valence-corrected chi connectivity index (χ1v) is 8.35. The second-order valence-electron chi connectivity index (χ2n) is 6.09. The molecule has 1 atom stereocenters. The van der Waals surface area contributed by atoms with Crippen molar-refractivity contribution in [1.82, 2.24) is 19.5 Å². The van der Waals surface area contributed by atoms with Gasteiger partial charge >= 0.3 is 0 Å². The van der Waals surface area contributed by atoms with Gasteiger partial charge < -0.3 is 14.2 Å². The van der Waals surface area contributed by atoms with Crippen LogP contribution in [0.3, 0.4) is 0 Å². The van der Waals surface area contributed by atoms with Crippen LogP contribution in [0.2, 0.25) is 5.28 Å². The van der Waals surface area contributed by atoms with Gasteiger partial charge in [0, 0.05) is 19.0 Å². The molecule has 2 fully saturated rings. The lowest BCUT2D eigenvalue weighted by Crippen LogP contribution is -2.44. The summed E-state index contributed by atoms with van der Waals surface area (Å²) in [5.74, 6) is 2.55. The standard InChI is InChI=1S/C15H20ClN5O/c1-3-20-12(10-4-5-10)17-11-13(20)18-15(16)19-14(11)21-6-7-22-8-9(21)2/h9-10H,3-8H2,1-2H3/t9-/m0/s1. The lowest BCUT2D eigenvalue weighted by atomic mass is 10.2. The van der Waals surface area contributed by atoms with Gasteiger partial charge in [0.15, 0.2) is 17.0 Å². The number of rotatable bonds is 3. The van der Waals surface area contributed by atoms with Gasteiger partial charge in [0.05, 0.1) is 19.3 Å². The van der Waals surface area contributed by atoms with E-state index in [-0.39, 0.29) is 11.3 Å². The molecule has 1 aliphatic heterocycles. The number of hydrogen-bond acceptors (Lipinski definition) is 5. The maximum atomic E-state index is 6.20. The van der Waals surface area contributed by atoms with E-state index in [0.29, 0.717) is 19.1 Å². The third kappa shape index (κ3) is 2.25. The van der Waals surface area contributed by atoms with Gasteiger partial charge in [-0.1, -0.05) is 0 Å². The zero-order chi connectivity index (χ0) is 15.3. The summed E-state index contributed by atoms with van der Waals surface area (Å²) in [5, 5.41) is 0.290. The quantitative estimate of drug-likeness (QED) is 0.813. The van der Waals surface area contributed by atoms with E-state index in [9.17, 15) is 0 Å². The van der Waals surface area contributed by atoms with Gasteiger partial charge in [-0.15, -0.1) is 0 Å². The smallest absolute Gasteiger partial charge is 0.226 e. The molecule has 0 aromatic carbocycles.